The molecule has 0 spiro atoms. The van der Waals surface area contributed by atoms with E-state index in [-0.39, 0.29) is 18.5 Å². The molecule has 1 saturated carbocycles. The largest absolute Gasteiger partial charge is 0.492 e. The van der Waals surface area contributed by atoms with Crippen molar-refractivity contribution < 1.29 is 33.3 Å². The number of carbonyl (C=O) groups is 2. The molecule has 2 aliphatic rings. The Hall–Kier alpha value is -2.04. The number of methoxy groups -OCH3 is 2. The summed E-state index contributed by atoms with van der Waals surface area (Å²) in [5.74, 6) is 1.11. The maximum Gasteiger partial charge on any atom is 0.410 e. The third kappa shape index (κ3) is 7.98. The quantitative estimate of drug-likeness (QED) is 0.402. The second-order valence-electron chi connectivity index (χ2n) is 9.79. The van der Waals surface area contributed by atoms with E-state index in [4.69, 9.17) is 23.7 Å². The molecule has 1 aliphatic carbocycles. The molecule has 10 heteroatoms. The molecule has 9 nitrogen and oxygen atoms in total. The van der Waals surface area contributed by atoms with Gasteiger partial charge in [-0.3, -0.25) is 4.79 Å². The first-order valence-corrected chi connectivity index (χ1v) is 12.8. The van der Waals surface area contributed by atoms with Crippen molar-refractivity contribution >= 4 is 27.9 Å². The third-order valence-electron chi connectivity index (χ3n) is 5.64. The molecular formula is C25H37BrN2O7. The van der Waals surface area contributed by atoms with E-state index in [0.717, 1.165) is 29.3 Å². The van der Waals surface area contributed by atoms with E-state index in [1.54, 1.807) is 19.1 Å². The van der Waals surface area contributed by atoms with Crippen molar-refractivity contribution in [1.29, 1.82) is 0 Å². The van der Waals surface area contributed by atoms with Crippen LogP contribution in [-0.4, -0.2) is 86.7 Å². The average Bonchev–Trinajstić information content (AvgIpc) is 3.64. The van der Waals surface area contributed by atoms with Crippen LogP contribution in [0.15, 0.2) is 16.6 Å². The summed E-state index contributed by atoms with van der Waals surface area (Å²) >= 11 is 3.57. The zero-order valence-corrected chi connectivity index (χ0v) is 22.9. The highest BCUT2D eigenvalue weighted by molar-refractivity contribution is 9.10. The molecule has 1 aromatic carbocycles. The molecule has 2 fully saturated rings. The molecule has 1 aliphatic heterocycles. The highest BCUT2D eigenvalue weighted by Gasteiger charge is 2.39. The summed E-state index contributed by atoms with van der Waals surface area (Å²) in [6, 6.07) is 4.02. The molecular weight excluding hydrogens is 520 g/mol. The Morgan fingerprint density at radius 2 is 1.94 bits per heavy atom. The van der Waals surface area contributed by atoms with Gasteiger partial charge in [0, 0.05) is 39.3 Å². The van der Waals surface area contributed by atoms with Crippen LogP contribution in [0, 0.1) is 0 Å². The number of amides is 2. The molecule has 0 bridgehead atoms. The van der Waals surface area contributed by atoms with E-state index in [2.05, 4.69) is 15.9 Å². The van der Waals surface area contributed by atoms with Gasteiger partial charge in [-0.2, -0.15) is 0 Å². The molecule has 35 heavy (non-hydrogen) atoms. The summed E-state index contributed by atoms with van der Waals surface area (Å²) in [4.78, 5) is 29.5. The van der Waals surface area contributed by atoms with E-state index in [1.807, 2.05) is 37.8 Å². The summed E-state index contributed by atoms with van der Waals surface area (Å²) in [6.07, 6.45) is 1.51. The molecule has 1 atom stereocenters. The number of hydrogen-bond donors (Lipinski definition) is 0. The number of benzene rings is 1. The van der Waals surface area contributed by atoms with Crippen LogP contribution >= 0.6 is 15.9 Å². The highest BCUT2D eigenvalue weighted by atomic mass is 79.9. The Kier molecular flexibility index (Phi) is 9.66. The first-order valence-electron chi connectivity index (χ1n) is 12.0. The fraction of sp³-hybridized carbons (Fsp3) is 0.680. The van der Waals surface area contributed by atoms with Gasteiger partial charge >= 0.3 is 6.09 Å². The van der Waals surface area contributed by atoms with Crippen LogP contribution in [0.2, 0.25) is 0 Å². The Morgan fingerprint density at radius 3 is 2.57 bits per heavy atom. The van der Waals surface area contributed by atoms with E-state index in [1.165, 1.54) is 0 Å². The summed E-state index contributed by atoms with van der Waals surface area (Å²) in [5.41, 5.74) is 0.319. The van der Waals surface area contributed by atoms with Crippen LogP contribution in [0.3, 0.4) is 0 Å². The topological polar surface area (TPSA) is 86.8 Å². The van der Waals surface area contributed by atoms with Gasteiger partial charge in [-0.1, -0.05) is 0 Å². The van der Waals surface area contributed by atoms with E-state index >= 15 is 0 Å². The minimum atomic E-state index is -0.719. The van der Waals surface area contributed by atoms with Gasteiger partial charge in [0.05, 0.1) is 31.3 Å². The fourth-order valence-electron chi connectivity index (χ4n) is 3.85. The third-order valence-corrected chi connectivity index (χ3v) is 6.23. The van der Waals surface area contributed by atoms with E-state index in [9.17, 15) is 9.59 Å². The second kappa shape index (κ2) is 12.3. The molecule has 2 amide bonds. The fourth-order valence-corrected chi connectivity index (χ4v) is 4.50. The van der Waals surface area contributed by atoms with Crippen LogP contribution in [-0.2, 0) is 25.5 Å². The molecule has 1 heterocycles. The smallest absolute Gasteiger partial charge is 0.410 e. The van der Waals surface area contributed by atoms with Gasteiger partial charge < -0.3 is 33.5 Å². The zero-order valence-electron chi connectivity index (χ0n) is 21.3. The minimum absolute atomic E-state index is 0.115. The molecule has 1 saturated heterocycles. The molecule has 3 rings (SSSR count). The standard InChI is InChI=1S/C25H37BrN2O7/c1-25(2,3)35-24(30)27-9-12-34-21(16-27)23(29)28(18-7-8-18)15-17-13-19(26)22(32-5)20(14-17)33-11-6-10-31-4/h13-14,18,21H,6-12,15-16H2,1-5H3/t21-/m1/s1. The second-order valence-corrected chi connectivity index (χ2v) is 10.6. The molecule has 0 aromatic heterocycles. The highest BCUT2D eigenvalue weighted by Crippen LogP contribution is 2.38. The van der Waals surface area contributed by atoms with Gasteiger partial charge in [-0.25, -0.2) is 4.79 Å². The van der Waals surface area contributed by atoms with Gasteiger partial charge in [-0.15, -0.1) is 0 Å². The van der Waals surface area contributed by atoms with Gasteiger partial charge in [-0.05, 0) is 67.2 Å². The van der Waals surface area contributed by atoms with Crippen LogP contribution in [0.1, 0.15) is 45.6 Å². The zero-order chi connectivity index (χ0) is 25.6. The minimum Gasteiger partial charge on any atom is -0.492 e. The lowest BCUT2D eigenvalue weighted by molar-refractivity contribution is -0.150. The number of rotatable bonds is 10. The number of carbonyl (C=O) groups excluding carboxylic acids is 2. The van der Waals surface area contributed by atoms with Crippen molar-refractivity contribution in [3.8, 4) is 11.5 Å². The molecule has 1 aromatic rings. The Bertz CT molecular complexity index is 885. The lowest BCUT2D eigenvalue weighted by Gasteiger charge is -2.36. The average molecular weight is 557 g/mol. The number of nitrogens with zero attached hydrogens (tertiary/aromatic N) is 2. The Morgan fingerprint density at radius 1 is 1.20 bits per heavy atom. The molecule has 0 unspecified atom stereocenters. The van der Waals surface area contributed by atoms with Gasteiger partial charge in [0.1, 0.15) is 5.60 Å². The van der Waals surface area contributed by atoms with Gasteiger partial charge in [0.2, 0.25) is 0 Å². The number of halogens is 1. The maximum atomic E-state index is 13.5. The molecule has 0 N–H and O–H groups in total. The number of ether oxygens (including phenoxy) is 5. The maximum absolute atomic E-state index is 13.5. The van der Waals surface area contributed by atoms with Crippen molar-refractivity contribution in [2.24, 2.45) is 0 Å². The monoisotopic (exact) mass is 556 g/mol. The van der Waals surface area contributed by atoms with Gasteiger partial charge in [0.25, 0.3) is 5.91 Å². The predicted molar refractivity (Wildman–Crippen MR) is 134 cm³/mol. The van der Waals surface area contributed by atoms with Crippen molar-refractivity contribution in [3.05, 3.63) is 22.2 Å². The number of hydrogen-bond acceptors (Lipinski definition) is 7. The van der Waals surface area contributed by atoms with Crippen molar-refractivity contribution in [3.63, 3.8) is 0 Å². The summed E-state index contributed by atoms with van der Waals surface area (Å²) < 4.78 is 28.6. The van der Waals surface area contributed by atoms with E-state index < -0.39 is 17.8 Å². The van der Waals surface area contributed by atoms with Gasteiger partial charge in [0.15, 0.2) is 17.6 Å². The Balaban J connectivity index is 1.71. The van der Waals surface area contributed by atoms with Crippen LogP contribution < -0.4 is 9.47 Å². The first-order chi connectivity index (χ1) is 16.6. The number of morpholine rings is 1. The molecule has 196 valence electrons. The van der Waals surface area contributed by atoms with E-state index in [0.29, 0.717) is 44.4 Å². The van der Waals surface area contributed by atoms with Crippen molar-refractivity contribution in [1.82, 2.24) is 9.80 Å². The SMILES string of the molecule is COCCCOc1cc(CN(C(=O)[C@H]2CN(C(=O)OC(C)(C)C)CCO2)C2CC2)cc(Br)c1OC. The lowest BCUT2D eigenvalue weighted by atomic mass is 10.1. The summed E-state index contributed by atoms with van der Waals surface area (Å²) in [6.45, 7) is 7.85. The normalized spacial score (nSPS) is 18.2. The van der Waals surface area contributed by atoms with Crippen LogP contribution in [0.4, 0.5) is 4.79 Å². The van der Waals surface area contributed by atoms with Crippen molar-refractivity contribution in [2.45, 2.75) is 64.3 Å². The first kappa shape index (κ1) is 27.5. The summed E-state index contributed by atoms with van der Waals surface area (Å²) in [5, 5.41) is 0. The predicted octanol–water partition coefficient (Wildman–Crippen LogP) is 4.00. The van der Waals surface area contributed by atoms with Crippen molar-refractivity contribution in [2.75, 3.05) is 47.1 Å². The van der Waals surface area contributed by atoms with Crippen LogP contribution in [0.25, 0.3) is 0 Å². The molecule has 0 radical (unpaired) electrons. The lowest BCUT2D eigenvalue weighted by Crippen LogP contribution is -2.53. The van der Waals surface area contributed by atoms with Crippen LogP contribution in [0.5, 0.6) is 11.5 Å². The summed E-state index contributed by atoms with van der Waals surface area (Å²) in [7, 11) is 3.25. The Labute approximate surface area is 216 Å².